The Balaban J connectivity index is 0.000000216. The molecule has 2 aromatic carbocycles. The van der Waals surface area contributed by atoms with Gasteiger partial charge in [-0.15, -0.1) is 0 Å². The SMILES string of the molecule is CC(C)[N+]1(C)[C@@H]2CC[C@H]1C[C@@H](OC(=O)C(CO)c1ccccc1)C2.COc1ccc2[nH]c([S+]([O-])Cc3ncc(C)c(OC)c3C)nc2c1.[Br-]. The number of pyridine rings is 1. The van der Waals surface area contributed by atoms with Gasteiger partial charge in [-0.05, 0) is 45.4 Å². The highest BCUT2D eigenvalue weighted by Crippen LogP contribution is 2.44. The molecular weight excluding hydrogens is 708 g/mol. The first-order chi connectivity index (χ1) is 23.0. The van der Waals surface area contributed by atoms with Crippen molar-refractivity contribution in [2.24, 2.45) is 0 Å². The number of aryl methyl sites for hydroxylation is 1. The smallest absolute Gasteiger partial charge is 0.322 e. The number of nitrogens with zero attached hydrogens (tertiary/aromatic N) is 3. The summed E-state index contributed by atoms with van der Waals surface area (Å²) in [6, 6.07) is 16.7. The van der Waals surface area contributed by atoms with E-state index in [1.54, 1.807) is 20.4 Å². The van der Waals surface area contributed by atoms with Crippen LogP contribution in [0.15, 0.2) is 59.9 Å². The maximum absolute atomic E-state index is 12.7. The van der Waals surface area contributed by atoms with Crippen molar-refractivity contribution in [3.8, 4) is 11.5 Å². The molecule has 49 heavy (non-hydrogen) atoms. The molecule has 6 rings (SSSR count). The molecule has 12 heteroatoms. The summed E-state index contributed by atoms with van der Waals surface area (Å²) < 4.78 is 30.2. The molecule has 2 aromatic heterocycles. The number of carbonyl (C=O) groups is 1. The molecule has 0 aliphatic carbocycles. The molecule has 4 aromatic rings. The number of rotatable bonds is 10. The van der Waals surface area contributed by atoms with Gasteiger partial charge in [0, 0.05) is 60.2 Å². The fraction of sp³-hybridized carbons (Fsp3) is 0.486. The lowest BCUT2D eigenvalue weighted by molar-refractivity contribution is -0.968. The number of hydrogen-bond donors (Lipinski definition) is 2. The van der Waals surface area contributed by atoms with Crippen LogP contribution in [0.25, 0.3) is 11.0 Å². The van der Waals surface area contributed by atoms with Crippen LogP contribution >= 0.6 is 0 Å². The number of aromatic amines is 1. The number of imidazole rings is 1. The number of hydrogen-bond acceptors (Lipinski definition) is 8. The number of H-pyrrole nitrogens is 1. The summed E-state index contributed by atoms with van der Waals surface area (Å²) in [4.78, 5) is 24.5. The molecule has 6 atom stereocenters. The highest BCUT2D eigenvalue weighted by atomic mass is 79.9. The van der Waals surface area contributed by atoms with E-state index in [4.69, 9.17) is 14.2 Å². The molecule has 4 heterocycles. The highest BCUT2D eigenvalue weighted by Gasteiger charge is 2.53. The van der Waals surface area contributed by atoms with Gasteiger partial charge in [0.25, 0.3) is 0 Å². The van der Waals surface area contributed by atoms with Crippen LogP contribution in [0.5, 0.6) is 11.5 Å². The van der Waals surface area contributed by atoms with E-state index in [1.165, 1.54) is 12.8 Å². The summed E-state index contributed by atoms with van der Waals surface area (Å²) in [6.45, 7) is 8.26. The predicted molar refractivity (Wildman–Crippen MR) is 187 cm³/mol. The zero-order chi connectivity index (χ0) is 34.6. The second-order valence-corrected chi connectivity index (χ2v) is 14.7. The van der Waals surface area contributed by atoms with Crippen molar-refractivity contribution < 1.29 is 50.1 Å². The lowest BCUT2D eigenvalue weighted by atomic mass is 9.94. The third kappa shape index (κ3) is 8.26. The van der Waals surface area contributed by atoms with E-state index in [0.717, 1.165) is 56.5 Å². The van der Waals surface area contributed by atoms with Crippen LogP contribution < -0.4 is 26.5 Å². The maximum atomic E-state index is 12.7. The number of aromatic nitrogens is 3. The van der Waals surface area contributed by atoms with Crippen LogP contribution in [-0.4, -0.2) is 87.2 Å². The van der Waals surface area contributed by atoms with Gasteiger partial charge in [-0.2, -0.15) is 4.98 Å². The minimum absolute atomic E-state index is 0. The van der Waals surface area contributed by atoms with Crippen molar-refractivity contribution in [2.45, 2.75) is 94.4 Å². The standard InChI is InChI=1S/C20H30NO3.C17H19N3O3S.BrH/c1-14(2)21(3)16-9-10-17(21)12-18(11-16)24-20(23)19(13-22)15-7-5-4-6-8-15;1-10-8-18-15(11(2)16(10)23-4)9-24(21)17-19-13-6-5-12(22-3)7-14(13)20-17;/h4-8,14,16-19,22H,9-13H2,1-3H3;5-8H,9H2,1-4H3,(H,19,20);1H/q+1;;/p-1/t16-,17+,18+,19?,21?;;. The van der Waals surface area contributed by atoms with Gasteiger partial charge in [0.2, 0.25) is 0 Å². The molecule has 3 unspecified atom stereocenters. The zero-order valence-corrected chi connectivity index (χ0v) is 31.8. The van der Waals surface area contributed by atoms with E-state index >= 15 is 0 Å². The third-order valence-corrected chi connectivity index (χ3v) is 11.6. The number of aliphatic hydroxyl groups excluding tert-OH is 1. The van der Waals surface area contributed by atoms with Gasteiger partial charge >= 0.3 is 11.1 Å². The van der Waals surface area contributed by atoms with E-state index in [9.17, 15) is 14.5 Å². The summed E-state index contributed by atoms with van der Waals surface area (Å²) in [7, 11) is 5.60. The number of benzene rings is 2. The topological polar surface area (TPSA) is 130 Å². The summed E-state index contributed by atoms with van der Waals surface area (Å²) in [5.41, 5.74) is 4.98. The van der Waals surface area contributed by atoms with Gasteiger partial charge < -0.3 is 45.3 Å². The fourth-order valence-corrected chi connectivity index (χ4v) is 8.53. The average Bonchev–Trinajstić information content (AvgIpc) is 3.56. The van der Waals surface area contributed by atoms with E-state index in [2.05, 4.69) is 35.8 Å². The Morgan fingerprint density at radius 2 is 1.76 bits per heavy atom. The van der Waals surface area contributed by atoms with Crippen LogP contribution in [0, 0.1) is 13.8 Å². The molecule has 2 bridgehead atoms. The molecule has 2 N–H and O–H groups in total. The predicted octanol–water partition coefficient (Wildman–Crippen LogP) is 2.76. The molecular formula is C37H49BrN4O6S. The minimum atomic E-state index is -1.33. The number of aliphatic hydroxyl groups is 1. The average molecular weight is 758 g/mol. The molecule has 10 nitrogen and oxygen atoms in total. The molecule has 2 aliphatic rings. The molecule has 0 spiro atoms. The Hall–Kier alpha value is -3.16. The van der Waals surface area contributed by atoms with Crippen LogP contribution in [0.4, 0.5) is 0 Å². The fourth-order valence-electron chi connectivity index (χ4n) is 7.43. The number of ether oxygens (including phenoxy) is 3. The Morgan fingerprint density at radius 3 is 2.35 bits per heavy atom. The second kappa shape index (κ2) is 16.7. The summed E-state index contributed by atoms with van der Waals surface area (Å²) >= 11 is -1.33. The summed E-state index contributed by atoms with van der Waals surface area (Å²) in [5.74, 6) is 0.920. The number of halogens is 1. The quantitative estimate of drug-likeness (QED) is 0.144. The minimum Gasteiger partial charge on any atom is -1.00 e. The van der Waals surface area contributed by atoms with Crippen LogP contribution in [0.1, 0.15) is 67.8 Å². The summed E-state index contributed by atoms with van der Waals surface area (Å²) in [6.07, 6.45) is 6.10. The van der Waals surface area contributed by atoms with Crippen molar-refractivity contribution in [3.63, 3.8) is 0 Å². The van der Waals surface area contributed by atoms with E-state index in [0.29, 0.717) is 29.0 Å². The van der Waals surface area contributed by atoms with Crippen LogP contribution in [-0.2, 0) is 26.5 Å². The number of esters is 1. The normalized spacial score (nSPS) is 22.4. The Morgan fingerprint density at radius 1 is 1.08 bits per heavy atom. The molecule has 0 amide bonds. The number of piperidine rings is 1. The van der Waals surface area contributed by atoms with Crippen molar-refractivity contribution in [1.29, 1.82) is 0 Å². The Bertz CT molecular complexity index is 1690. The number of fused-ring (bicyclic) bond motifs is 3. The Labute approximate surface area is 303 Å². The molecule has 266 valence electrons. The van der Waals surface area contributed by atoms with E-state index in [-0.39, 0.29) is 41.4 Å². The van der Waals surface area contributed by atoms with Gasteiger partial charge in [-0.25, -0.2) is 0 Å². The first kappa shape index (κ1) is 38.6. The molecule has 2 saturated heterocycles. The van der Waals surface area contributed by atoms with Crippen LogP contribution in [0.3, 0.4) is 0 Å². The van der Waals surface area contributed by atoms with Gasteiger partial charge in [0.05, 0.1) is 62.7 Å². The van der Waals surface area contributed by atoms with Crippen LogP contribution in [0.2, 0.25) is 0 Å². The first-order valence-corrected chi connectivity index (χ1v) is 17.9. The van der Waals surface area contributed by atoms with Crippen molar-refractivity contribution in [2.75, 3.05) is 27.9 Å². The highest BCUT2D eigenvalue weighted by molar-refractivity contribution is 7.90. The zero-order valence-electron chi connectivity index (χ0n) is 29.4. The van der Waals surface area contributed by atoms with Crippen molar-refractivity contribution in [3.05, 3.63) is 77.1 Å². The number of quaternary nitrogens is 1. The second-order valence-electron chi connectivity index (χ2n) is 13.3. The summed E-state index contributed by atoms with van der Waals surface area (Å²) in [5, 5.41) is 10.1. The van der Waals surface area contributed by atoms with Gasteiger partial charge in [0.1, 0.15) is 23.5 Å². The largest absolute Gasteiger partial charge is 1.00 e. The van der Waals surface area contributed by atoms with E-state index < -0.39 is 17.1 Å². The molecule has 0 radical (unpaired) electrons. The van der Waals surface area contributed by atoms with Crippen molar-refractivity contribution in [1.82, 2.24) is 15.0 Å². The van der Waals surface area contributed by atoms with Gasteiger partial charge in [-0.3, -0.25) is 14.8 Å². The molecule has 2 fully saturated rings. The lowest BCUT2D eigenvalue weighted by Crippen LogP contribution is -3.00. The first-order valence-electron chi connectivity index (χ1n) is 16.6. The van der Waals surface area contributed by atoms with Gasteiger partial charge in [-0.1, -0.05) is 30.3 Å². The maximum Gasteiger partial charge on any atom is 0.322 e. The monoisotopic (exact) mass is 756 g/mol. The Kier molecular flexibility index (Phi) is 13.2. The van der Waals surface area contributed by atoms with E-state index in [1.807, 2.05) is 62.4 Å². The van der Waals surface area contributed by atoms with Crippen molar-refractivity contribution >= 4 is 28.2 Å². The molecule has 0 saturated carbocycles. The number of nitrogens with one attached hydrogen (secondary N) is 1. The lowest BCUT2D eigenvalue weighted by Gasteiger charge is -2.49. The third-order valence-electron chi connectivity index (χ3n) is 10.4. The van der Waals surface area contributed by atoms with Gasteiger partial charge in [0.15, 0.2) is 5.75 Å². The molecule has 2 aliphatic heterocycles. The number of methoxy groups -OCH3 is 2. The number of carbonyl (C=O) groups excluding carboxylic acids is 1.